The summed E-state index contributed by atoms with van der Waals surface area (Å²) in [4.78, 5) is 0. The molecule has 0 saturated carbocycles. The summed E-state index contributed by atoms with van der Waals surface area (Å²) in [6, 6.07) is 0. The van der Waals surface area contributed by atoms with E-state index in [0.29, 0.717) is 18.4 Å². The molecule has 0 radical (unpaired) electrons. The average Bonchev–Trinajstić information content (AvgIpc) is 2.98. The molecule has 0 aromatic rings. The van der Waals surface area contributed by atoms with Crippen LogP contribution >= 0.6 is 0 Å². The highest BCUT2D eigenvalue weighted by Crippen LogP contribution is 2.24. The molecule has 46 heavy (non-hydrogen) atoms. The number of hydrogen-bond donors (Lipinski definition) is 1. The molecular weight excluding hydrogens is 564 g/mol. The molecule has 0 rings (SSSR count). The van der Waals surface area contributed by atoms with Crippen molar-refractivity contribution in [2.24, 2.45) is 47.3 Å². The zero-order chi connectivity index (χ0) is 34.6. The highest BCUT2D eigenvalue weighted by molar-refractivity contribution is 4.64. The van der Waals surface area contributed by atoms with Crippen molar-refractivity contribution in [3.8, 4) is 0 Å². The van der Waals surface area contributed by atoms with Gasteiger partial charge >= 0.3 is 0 Å². The van der Waals surface area contributed by atoms with Crippen molar-refractivity contribution in [2.45, 2.75) is 204 Å². The van der Waals surface area contributed by atoms with Crippen molar-refractivity contribution in [3.63, 3.8) is 0 Å². The van der Waals surface area contributed by atoms with Crippen molar-refractivity contribution in [2.75, 3.05) is 26.4 Å². The topological polar surface area (TPSA) is 38.7 Å². The molecule has 0 spiro atoms. The third kappa shape index (κ3) is 31.2. The average molecular weight is 653 g/mol. The number of rotatable bonds is 34. The van der Waals surface area contributed by atoms with E-state index in [9.17, 15) is 5.11 Å². The van der Waals surface area contributed by atoms with Gasteiger partial charge in [0.05, 0.1) is 13.2 Å². The van der Waals surface area contributed by atoms with Gasteiger partial charge in [0, 0.05) is 13.2 Å². The molecule has 1 N–H and O–H groups in total. The Morgan fingerprint density at radius 3 is 0.957 bits per heavy atom. The second-order valence-corrected chi connectivity index (χ2v) is 17.3. The molecule has 3 unspecified atom stereocenters. The number of hydrogen-bond acceptors (Lipinski definition) is 3. The zero-order valence-corrected chi connectivity index (χ0v) is 33.4. The SMILES string of the molecule is CC(C)CCC[C@@H](C)CCC[C@H](C)CCCC(C)CCOC(CO)COCC[C@H](C)CCCC(C)CCC[C@@H](C)CCCC(C)C. The predicted molar refractivity (Wildman–Crippen MR) is 205 cm³/mol. The maximum atomic E-state index is 9.78. The Balaban J connectivity index is 3.77. The Morgan fingerprint density at radius 1 is 0.370 bits per heavy atom. The standard InChI is InChI=1S/C43H88O3/c1-35(2)17-11-19-37(5)21-13-23-39(7)25-15-27-41(9)29-31-45-34-43(33-44)46-32-30-42(10)28-16-26-40(8)24-14-22-38(6)20-12-18-36(3)4/h35-44H,11-34H2,1-10H3/t37-,38+,39?,40-,41+,42?,43?/m0/s1. The Labute approximate surface area is 291 Å². The molecule has 0 saturated heterocycles. The summed E-state index contributed by atoms with van der Waals surface area (Å²) in [5, 5.41) is 9.78. The van der Waals surface area contributed by atoms with Gasteiger partial charge in [0.15, 0.2) is 0 Å². The van der Waals surface area contributed by atoms with E-state index in [2.05, 4.69) is 69.2 Å². The largest absolute Gasteiger partial charge is 0.394 e. The molecular formula is C43H88O3. The van der Waals surface area contributed by atoms with Gasteiger partial charge in [0.25, 0.3) is 0 Å². The monoisotopic (exact) mass is 653 g/mol. The first-order valence-electron chi connectivity index (χ1n) is 20.7. The van der Waals surface area contributed by atoms with Crippen LogP contribution in [-0.2, 0) is 9.47 Å². The molecule has 7 atom stereocenters. The summed E-state index contributed by atoms with van der Waals surface area (Å²) in [6.07, 6.45) is 26.8. The van der Waals surface area contributed by atoms with Crippen molar-refractivity contribution in [1.82, 2.24) is 0 Å². The van der Waals surface area contributed by atoms with Crippen molar-refractivity contribution in [3.05, 3.63) is 0 Å². The summed E-state index contributed by atoms with van der Waals surface area (Å²) >= 11 is 0. The molecule has 0 amide bonds. The van der Waals surface area contributed by atoms with Crippen LogP contribution in [0.4, 0.5) is 0 Å². The zero-order valence-electron chi connectivity index (χ0n) is 33.4. The molecule has 0 aromatic heterocycles. The van der Waals surface area contributed by atoms with Crippen LogP contribution in [0.15, 0.2) is 0 Å². The molecule has 278 valence electrons. The van der Waals surface area contributed by atoms with Crippen LogP contribution in [0.3, 0.4) is 0 Å². The van der Waals surface area contributed by atoms with Crippen molar-refractivity contribution >= 4 is 0 Å². The lowest BCUT2D eigenvalue weighted by Crippen LogP contribution is -2.25. The molecule has 0 aliphatic rings. The quantitative estimate of drug-likeness (QED) is 0.0703. The van der Waals surface area contributed by atoms with E-state index in [-0.39, 0.29) is 12.7 Å². The fourth-order valence-electron chi connectivity index (χ4n) is 6.96. The van der Waals surface area contributed by atoms with Crippen LogP contribution < -0.4 is 0 Å². The summed E-state index contributed by atoms with van der Waals surface area (Å²) in [5.74, 6) is 6.57. The van der Waals surface area contributed by atoms with Crippen LogP contribution in [0.1, 0.15) is 198 Å². The first-order valence-corrected chi connectivity index (χ1v) is 20.7. The molecule has 0 fully saturated rings. The van der Waals surface area contributed by atoms with Gasteiger partial charge < -0.3 is 14.6 Å². The predicted octanol–water partition coefficient (Wildman–Crippen LogP) is 13.3. The van der Waals surface area contributed by atoms with Crippen LogP contribution in [0.2, 0.25) is 0 Å². The van der Waals surface area contributed by atoms with E-state index in [4.69, 9.17) is 9.47 Å². The minimum atomic E-state index is -0.186. The molecule has 0 aliphatic heterocycles. The third-order valence-electron chi connectivity index (χ3n) is 10.8. The lowest BCUT2D eigenvalue weighted by molar-refractivity contribution is -0.0471. The van der Waals surface area contributed by atoms with Crippen LogP contribution in [-0.4, -0.2) is 37.6 Å². The van der Waals surface area contributed by atoms with Crippen LogP contribution in [0.25, 0.3) is 0 Å². The lowest BCUT2D eigenvalue weighted by atomic mass is 9.91. The molecule has 0 heterocycles. The maximum Gasteiger partial charge on any atom is 0.104 e. The first kappa shape index (κ1) is 45.9. The molecule has 3 heteroatoms. The van der Waals surface area contributed by atoms with Crippen LogP contribution in [0, 0.1) is 47.3 Å². The van der Waals surface area contributed by atoms with E-state index in [0.717, 1.165) is 61.6 Å². The number of aliphatic hydroxyl groups is 1. The summed E-state index contributed by atoms with van der Waals surface area (Å²) < 4.78 is 11.9. The molecule has 0 aromatic carbocycles. The normalized spacial score (nSPS) is 16.9. The highest BCUT2D eigenvalue weighted by atomic mass is 16.5. The summed E-state index contributed by atoms with van der Waals surface area (Å²) in [5.41, 5.74) is 0. The van der Waals surface area contributed by atoms with Crippen molar-refractivity contribution < 1.29 is 14.6 Å². The third-order valence-corrected chi connectivity index (χ3v) is 10.8. The van der Waals surface area contributed by atoms with Gasteiger partial charge in [0.2, 0.25) is 0 Å². The second-order valence-electron chi connectivity index (χ2n) is 17.3. The Hall–Kier alpha value is -0.120. The number of ether oxygens (including phenoxy) is 2. The fraction of sp³-hybridized carbons (Fsp3) is 1.00. The Morgan fingerprint density at radius 2 is 0.652 bits per heavy atom. The molecule has 0 aliphatic carbocycles. The van der Waals surface area contributed by atoms with Crippen LogP contribution in [0.5, 0.6) is 0 Å². The minimum Gasteiger partial charge on any atom is -0.394 e. The molecule has 3 nitrogen and oxygen atoms in total. The van der Waals surface area contributed by atoms with Gasteiger partial charge in [-0.25, -0.2) is 0 Å². The lowest BCUT2D eigenvalue weighted by Gasteiger charge is -2.19. The molecule has 0 bridgehead atoms. The van der Waals surface area contributed by atoms with Gasteiger partial charge in [-0.05, 0) is 60.2 Å². The Kier molecular flexibility index (Phi) is 30.8. The van der Waals surface area contributed by atoms with Gasteiger partial charge in [0.1, 0.15) is 6.10 Å². The summed E-state index contributed by atoms with van der Waals surface area (Å²) in [6.45, 7) is 25.9. The summed E-state index contributed by atoms with van der Waals surface area (Å²) in [7, 11) is 0. The van der Waals surface area contributed by atoms with Gasteiger partial charge in [-0.15, -0.1) is 0 Å². The van der Waals surface area contributed by atoms with E-state index < -0.39 is 0 Å². The second kappa shape index (κ2) is 30.9. The number of aliphatic hydroxyl groups excluding tert-OH is 1. The van der Waals surface area contributed by atoms with E-state index in [1.165, 1.54) is 116 Å². The van der Waals surface area contributed by atoms with Gasteiger partial charge in [-0.2, -0.15) is 0 Å². The van der Waals surface area contributed by atoms with E-state index in [1.807, 2.05) is 0 Å². The van der Waals surface area contributed by atoms with E-state index in [1.54, 1.807) is 0 Å². The van der Waals surface area contributed by atoms with Crippen molar-refractivity contribution in [1.29, 1.82) is 0 Å². The fourth-order valence-corrected chi connectivity index (χ4v) is 6.96. The van der Waals surface area contributed by atoms with Gasteiger partial charge in [-0.1, -0.05) is 185 Å². The highest BCUT2D eigenvalue weighted by Gasteiger charge is 2.13. The first-order chi connectivity index (χ1) is 21.9. The smallest absolute Gasteiger partial charge is 0.104 e. The van der Waals surface area contributed by atoms with E-state index >= 15 is 0 Å². The van der Waals surface area contributed by atoms with Gasteiger partial charge in [-0.3, -0.25) is 0 Å². The maximum absolute atomic E-state index is 9.78. The Bertz CT molecular complexity index is 619. The minimum absolute atomic E-state index is 0.0480.